The first-order valence-electron chi connectivity index (χ1n) is 12.3. The second-order valence-electron chi connectivity index (χ2n) is 13.5. The van der Waals surface area contributed by atoms with Gasteiger partial charge in [-0.05, 0) is 71.6 Å². The minimum absolute atomic E-state index is 0.0320. The molecular weight excluding hydrogens is 438 g/mol. The maximum absolute atomic E-state index is 12.8. The number of hydroxylamine groups is 2. The highest BCUT2D eigenvalue weighted by Gasteiger charge is 2.48. The summed E-state index contributed by atoms with van der Waals surface area (Å²) in [5.74, 6) is 0. The van der Waals surface area contributed by atoms with E-state index >= 15 is 0 Å². The molecule has 0 aromatic carbocycles. The topological polar surface area (TPSA) is 120 Å². The van der Waals surface area contributed by atoms with Crippen molar-refractivity contribution in [3.8, 4) is 0 Å². The molecule has 0 radical (unpaired) electrons. The molecule has 34 heavy (non-hydrogen) atoms. The van der Waals surface area contributed by atoms with Crippen molar-refractivity contribution in [3.63, 3.8) is 0 Å². The van der Waals surface area contributed by atoms with E-state index < -0.39 is 28.9 Å². The van der Waals surface area contributed by atoms with Gasteiger partial charge in [0, 0.05) is 36.5 Å². The molecule has 0 spiro atoms. The Morgan fingerprint density at radius 3 is 2.06 bits per heavy atom. The Morgan fingerprint density at radius 1 is 1.00 bits per heavy atom. The van der Waals surface area contributed by atoms with Crippen LogP contribution in [0.5, 0.6) is 0 Å². The Labute approximate surface area is 204 Å². The molecule has 2 rings (SSSR count). The molecule has 1 aliphatic carbocycles. The molecule has 2 atom stereocenters. The lowest BCUT2D eigenvalue weighted by Gasteiger charge is -2.53. The minimum Gasteiger partial charge on any atom is -0.465 e. The quantitative estimate of drug-likeness (QED) is 0.424. The first-order chi connectivity index (χ1) is 15.2. The molecule has 1 aliphatic heterocycles. The van der Waals surface area contributed by atoms with Crippen molar-refractivity contribution in [2.24, 2.45) is 10.8 Å². The minimum atomic E-state index is -1.01. The summed E-state index contributed by atoms with van der Waals surface area (Å²) in [6.45, 7) is 18.6. The van der Waals surface area contributed by atoms with E-state index in [0.717, 1.165) is 12.8 Å². The van der Waals surface area contributed by atoms with Gasteiger partial charge in [0.05, 0.1) is 12.2 Å². The van der Waals surface area contributed by atoms with Gasteiger partial charge in [-0.15, -0.1) is 0 Å². The van der Waals surface area contributed by atoms with Crippen molar-refractivity contribution >= 4 is 12.2 Å². The number of carbonyl (C=O) groups excluding carboxylic acids is 1. The fraction of sp³-hybridized carbons (Fsp3) is 0.920. The molecule has 9 nitrogen and oxygen atoms in total. The summed E-state index contributed by atoms with van der Waals surface area (Å²) in [6.07, 6.45) is 1.79. The van der Waals surface area contributed by atoms with Crippen molar-refractivity contribution in [2.75, 3.05) is 13.2 Å². The third kappa shape index (κ3) is 8.27. The molecule has 4 N–H and O–H groups in total. The van der Waals surface area contributed by atoms with E-state index in [1.54, 1.807) is 13.8 Å². The normalized spacial score (nSPS) is 29.3. The van der Waals surface area contributed by atoms with Crippen LogP contribution in [-0.2, 0) is 9.57 Å². The number of nitrogens with one attached hydrogen (secondary N) is 2. The lowest BCUT2D eigenvalue weighted by atomic mass is 9.62. The van der Waals surface area contributed by atoms with Crippen LogP contribution in [0.4, 0.5) is 9.59 Å². The molecule has 2 amide bonds. The Hall–Kier alpha value is -1.58. The lowest BCUT2D eigenvalue weighted by Crippen LogP contribution is -2.63. The third-order valence-corrected chi connectivity index (χ3v) is 6.81. The second kappa shape index (κ2) is 9.82. The van der Waals surface area contributed by atoms with E-state index in [1.807, 2.05) is 32.8 Å². The summed E-state index contributed by atoms with van der Waals surface area (Å²) in [5.41, 5.74) is -2.00. The van der Waals surface area contributed by atoms with Gasteiger partial charge in [-0.3, -0.25) is 4.84 Å². The van der Waals surface area contributed by atoms with E-state index in [0.29, 0.717) is 25.8 Å². The number of carboxylic acid groups (broad SMARTS) is 1. The SMILES string of the molecule is CC(C)(O)CON1C(C)(C)CC(OC(=O)NCC2(C)CC(NC(=O)O)CC(C)(C)C2)CC1(C)C. The predicted octanol–water partition coefficient (Wildman–Crippen LogP) is 4.29. The standard InChI is InChI=1S/C25H47N3O6/c1-21(2)10-17(27-19(29)30)11-25(9,14-21)15-26-20(31)34-18-12-22(3,4)28(23(5,6)13-18)33-16-24(7,8)32/h17-18,27,32H,10-16H2,1-9H3,(H,26,31)(H,29,30). The number of nitrogens with zero attached hydrogens (tertiary/aromatic N) is 1. The van der Waals surface area contributed by atoms with Crippen LogP contribution in [0.1, 0.15) is 94.4 Å². The average Bonchev–Trinajstić information content (AvgIpc) is 2.54. The zero-order valence-electron chi connectivity index (χ0n) is 22.6. The number of carbonyl (C=O) groups is 2. The number of alkyl carbamates (subject to hydrolysis) is 1. The number of amides is 2. The van der Waals surface area contributed by atoms with Crippen LogP contribution >= 0.6 is 0 Å². The van der Waals surface area contributed by atoms with Gasteiger partial charge < -0.3 is 25.6 Å². The first kappa shape index (κ1) is 28.7. The highest BCUT2D eigenvalue weighted by atomic mass is 16.7. The number of ether oxygens (including phenoxy) is 1. The summed E-state index contributed by atoms with van der Waals surface area (Å²) >= 11 is 0. The predicted molar refractivity (Wildman–Crippen MR) is 130 cm³/mol. The smallest absolute Gasteiger partial charge is 0.407 e. The summed E-state index contributed by atoms with van der Waals surface area (Å²) in [5, 5.41) is 26.7. The van der Waals surface area contributed by atoms with Gasteiger partial charge in [-0.25, -0.2) is 9.59 Å². The number of hydrogen-bond donors (Lipinski definition) is 4. The van der Waals surface area contributed by atoms with Gasteiger partial charge in [0.2, 0.25) is 0 Å². The lowest BCUT2D eigenvalue weighted by molar-refractivity contribution is -0.305. The number of hydrogen-bond acceptors (Lipinski definition) is 6. The van der Waals surface area contributed by atoms with Gasteiger partial charge in [0.25, 0.3) is 0 Å². The van der Waals surface area contributed by atoms with E-state index in [4.69, 9.17) is 14.7 Å². The molecule has 2 fully saturated rings. The van der Waals surface area contributed by atoms with Crippen molar-refractivity contribution in [1.29, 1.82) is 0 Å². The molecule has 1 saturated heterocycles. The van der Waals surface area contributed by atoms with Crippen LogP contribution in [0, 0.1) is 10.8 Å². The summed E-state index contributed by atoms with van der Waals surface area (Å²) in [6, 6.07) is -0.140. The second-order valence-corrected chi connectivity index (χ2v) is 13.5. The van der Waals surface area contributed by atoms with E-state index in [9.17, 15) is 14.7 Å². The molecular formula is C25H47N3O6. The summed E-state index contributed by atoms with van der Waals surface area (Å²) in [4.78, 5) is 29.9. The van der Waals surface area contributed by atoms with Gasteiger partial charge in [0.15, 0.2) is 0 Å². The highest BCUT2D eigenvalue weighted by molar-refractivity contribution is 5.67. The monoisotopic (exact) mass is 485 g/mol. The largest absolute Gasteiger partial charge is 0.465 e. The van der Waals surface area contributed by atoms with Gasteiger partial charge in [0.1, 0.15) is 6.10 Å². The van der Waals surface area contributed by atoms with Gasteiger partial charge in [-0.2, -0.15) is 5.06 Å². The number of rotatable bonds is 7. The maximum atomic E-state index is 12.8. The van der Waals surface area contributed by atoms with Crippen LogP contribution in [0.3, 0.4) is 0 Å². The number of aliphatic hydroxyl groups is 1. The molecule has 0 aromatic heterocycles. The molecule has 1 heterocycles. The van der Waals surface area contributed by atoms with Gasteiger partial charge >= 0.3 is 12.2 Å². The Balaban J connectivity index is 1.96. The van der Waals surface area contributed by atoms with Gasteiger partial charge in [-0.1, -0.05) is 20.8 Å². The Bertz CT molecular complexity index is 727. The molecule has 9 heteroatoms. The molecule has 198 valence electrons. The van der Waals surface area contributed by atoms with Crippen LogP contribution in [0.2, 0.25) is 0 Å². The van der Waals surface area contributed by atoms with E-state index in [2.05, 4.69) is 31.4 Å². The van der Waals surface area contributed by atoms with Crippen LogP contribution in [0.25, 0.3) is 0 Å². The zero-order chi connectivity index (χ0) is 26.2. The van der Waals surface area contributed by atoms with Crippen molar-refractivity contribution in [2.45, 2.75) is 123 Å². The molecule has 2 unspecified atom stereocenters. The Kier molecular flexibility index (Phi) is 8.27. The summed E-state index contributed by atoms with van der Waals surface area (Å²) < 4.78 is 5.84. The van der Waals surface area contributed by atoms with Crippen LogP contribution < -0.4 is 10.6 Å². The van der Waals surface area contributed by atoms with Crippen molar-refractivity contribution in [3.05, 3.63) is 0 Å². The first-order valence-corrected chi connectivity index (χ1v) is 12.3. The van der Waals surface area contributed by atoms with Crippen molar-refractivity contribution < 1.29 is 29.4 Å². The Morgan fingerprint density at radius 2 is 1.56 bits per heavy atom. The number of piperidine rings is 1. The van der Waals surface area contributed by atoms with E-state index in [1.165, 1.54) is 0 Å². The van der Waals surface area contributed by atoms with E-state index in [-0.39, 0.29) is 29.6 Å². The fourth-order valence-corrected chi connectivity index (χ4v) is 6.35. The molecule has 1 saturated carbocycles. The highest BCUT2D eigenvalue weighted by Crippen LogP contribution is 2.46. The molecule has 0 bridgehead atoms. The van der Waals surface area contributed by atoms with Crippen LogP contribution in [-0.4, -0.2) is 69.4 Å². The van der Waals surface area contributed by atoms with Crippen molar-refractivity contribution in [1.82, 2.24) is 15.7 Å². The zero-order valence-corrected chi connectivity index (χ0v) is 22.6. The third-order valence-electron chi connectivity index (χ3n) is 6.81. The summed E-state index contributed by atoms with van der Waals surface area (Å²) in [7, 11) is 0. The fourth-order valence-electron chi connectivity index (χ4n) is 6.35. The average molecular weight is 486 g/mol. The molecule has 0 aromatic rings. The molecule has 2 aliphatic rings. The maximum Gasteiger partial charge on any atom is 0.407 e. The van der Waals surface area contributed by atoms with Crippen LogP contribution in [0.15, 0.2) is 0 Å².